The van der Waals surface area contributed by atoms with Crippen LogP contribution < -0.4 is 15.8 Å². The van der Waals surface area contributed by atoms with Crippen molar-refractivity contribution in [1.29, 1.82) is 0 Å². The number of rotatable bonds is 5. The molecule has 1 aromatic heterocycles. The number of aromatic amines is 1. The van der Waals surface area contributed by atoms with Gasteiger partial charge in [0.25, 0.3) is 5.56 Å². The van der Waals surface area contributed by atoms with E-state index in [9.17, 15) is 4.79 Å². The average molecular weight is 341 g/mol. The van der Waals surface area contributed by atoms with Gasteiger partial charge in [-0.3, -0.25) is 4.79 Å². The number of aliphatic hydroxyl groups excluding tert-OH is 1. The van der Waals surface area contributed by atoms with Crippen molar-refractivity contribution in [3.05, 3.63) is 40.3 Å². The third-order valence-electron chi connectivity index (χ3n) is 5.82. The number of H-pyrrole nitrogens is 1. The number of benzene rings is 1. The molecule has 0 radical (unpaired) electrons. The normalized spacial score (nSPS) is 23.2. The molecule has 4 rings (SSSR count). The fraction of sp³-hybridized carbons (Fsp3) is 0.550. The van der Waals surface area contributed by atoms with Crippen molar-refractivity contribution in [3.8, 4) is 0 Å². The van der Waals surface area contributed by atoms with Gasteiger partial charge in [-0.25, -0.2) is 0 Å². The van der Waals surface area contributed by atoms with Crippen molar-refractivity contribution in [2.45, 2.75) is 50.6 Å². The lowest BCUT2D eigenvalue weighted by atomic mass is 9.88. The molecule has 1 aliphatic carbocycles. The molecule has 1 saturated carbocycles. The monoisotopic (exact) mass is 341 g/mol. The molecule has 2 aromatic rings. The van der Waals surface area contributed by atoms with Gasteiger partial charge in [0.1, 0.15) is 0 Å². The molecule has 25 heavy (non-hydrogen) atoms. The number of hydrogen-bond acceptors (Lipinski definition) is 4. The smallest absolute Gasteiger partial charge is 0.255 e. The van der Waals surface area contributed by atoms with Gasteiger partial charge < -0.3 is 20.3 Å². The Kier molecular flexibility index (Phi) is 4.77. The summed E-state index contributed by atoms with van der Waals surface area (Å²) in [6, 6.07) is 7.27. The standard InChI is InChI=1S/C20H27N3O2/c24-12-2-10-21-15-5-7-16(8-6-15)23-11-9-14-13-22-20(25)17-3-1-4-18(23)19(14)17/h1,3-4,13,15-16,21,24H,2,5-12H2,(H,22,25). The van der Waals surface area contributed by atoms with Crippen LogP contribution in [-0.2, 0) is 6.42 Å². The Morgan fingerprint density at radius 2 is 2.08 bits per heavy atom. The van der Waals surface area contributed by atoms with Gasteiger partial charge in [-0.05, 0) is 62.8 Å². The van der Waals surface area contributed by atoms with Crippen molar-refractivity contribution in [1.82, 2.24) is 10.3 Å². The van der Waals surface area contributed by atoms with Crippen LogP contribution in [0.1, 0.15) is 37.7 Å². The molecule has 1 fully saturated rings. The number of aromatic nitrogens is 1. The molecular weight excluding hydrogens is 314 g/mol. The minimum atomic E-state index is 0.0132. The zero-order valence-electron chi connectivity index (χ0n) is 14.6. The first-order valence-electron chi connectivity index (χ1n) is 9.52. The summed E-state index contributed by atoms with van der Waals surface area (Å²) in [5, 5.41) is 14.4. The Morgan fingerprint density at radius 3 is 2.88 bits per heavy atom. The van der Waals surface area contributed by atoms with Crippen molar-refractivity contribution < 1.29 is 5.11 Å². The van der Waals surface area contributed by atoms with Crippen LogP contribution in [0.3, 0.4) is 0 Å². The van der Waals surface area contributed by atoms with E-state index in [1.54, 1.807) is 0 Å². The average Bonchev–Trinajstić information content (AvgIpc) is 2.66. The van der Waals surface area contributed by atoms with Crippen LogP contribution in [0.2, 0.25) is 0 Å². The maximum absolute atomic E-state index is 12.2. The number of aliphatic hydroxyl groups is 1. The molecule has 1 aromatic carbocycles. The quantitative estimate of drug-likeness (QED) is 0.729. The predicted molar refractivity (Wildman–Crippen MR) is 101 cm³/mol. The first kappa shape index (κ1) is 16.6. The number of nitrogens with zero attached hydrogens (tertiary/aromatic N) is 1. The highest BCUT2D eigenvalue weighted by atomic mass is 16.3. The van der Waals surface area contributed by atoms with E-state index in [4.69, 9.17) is 5.11 Å². The maximum atomic E-state index is 12.2. The van der Waals surface area contributed by atoms with Gasteiger partial charge in [0.05, 0.1) is 0 Å². The van der Waals surface area contributed by atoms with E-state index in [1.165, 1.54) is 36.9 Å². The van der Waals surface area contributed by atoms with Crippen LogP contribution in [0.15, 0.2) is 29.2 Å². The predicted octanol–water partition coefficient (Wildman–Crippen LogP) is 2.17. The van der Waals surface area contributed by atoms with E-state index >= 15 is 0 Å². The largest absolute Gasteiger partial charge is 0.396 e. The van der Waals surface area contributed by atoms with Crippen LogP contribution in [0.4, 0.5) is 5.69 Å². The van der Waals surface area contributed by atoms with Gasteiger partial charge in [0.2, 0.25) is 0 Å². The Morgan fingerprint density at radius 1 is 1.24 bits per heavy atom. The topological polar surface area (TPSA) is 68.4 Å². The molecule has 0 amide bonds. The molecule has 5 heteroatoms. The summed E-state index contributed by atoms with van der Waals surface area (Å²) in [5.41, 5.74) is 2.52. The summed E-state index contributed by atoms with van der Waals surface area (Å²) in [7, 11) is 0. The molecule has 1 aliphatic heterocycles. The highest BCUT2D eigenvalue weighted by molar-refractivity contribution is 5.97. The number of nitrogens with one attached hydrogen (secondary N) is 2. The Balaban J connectivity index is 1.52. The van der Waals surface area contributed by atoms with Crippen molar-refractivity contribution >= 4 is 16.5 Å². The van der Waals surface area contributed by atoms with Crippen molar-refractivity contribution in [2.75, 3.05) is 24.6 Å². The molecule has 0 atom stereocenters. The highest BCUT2D eigenvalue weighted by Gasteiger charge is 2.29. The van der Waals surface area contributed by atoms with E-state index in [1.807, 2.05) is 18.3 Å². The summed E-state index contributed by atoms with van der Waals surface area (Å²) in [5.74, 6) is 0. The van der Waals surface area contributed by atoms with Crippen LogP contribution >= 0.6 is 0 Å². The molecule has 0 bridgehead atoms. The second-order valence-electron chi connectivity index (χ2n) is 7.32. The lowest BCUT2D eigenvalue weighted by molar-refractivity contribution is 0.273. The summed E-state index contributed by atoms with van der Waals surface area (Å²) in [6.07, 6.45) is 8.47. The summed E-state index contributed by atoms with van der Waals surface area (Å²) >= 11 is 0. The zero-order chi connectivity index (χ0) is 17.2. The molecule has 2 aliphatic rings. The Labute approximate surface area is 148 Å². The summed E-state index contributed by atoms with van der Waals surface area (Å²) in [4.78, 5) is 17.6. The molecule has 3 N–H and O–H groups in total. The molecule has 2 heterocycles. The number of hydrogen-bond donors (Lipinski definition) is 3. The molecule has 5 nitrogen and oxygen atoms in total. The minimum absolute atomic E-state index is 0.0132. The lowest BCUT2D eigenvalue weighted by Gasteiger charge is -2.41. The van der Waals surface area contributed by atoms with Gasteiger partial charge in [-0.15, -0.1) is 0 Å². The third-order valence-corrected chi connectivity index (χ3v) is 5.82. The fourth-order valence-electron chi connectivity index (χ4n) is 4.52. The molecule has 0 unspecified atom stereocenters. The van der Waals surface area contributed by atoms with Gasteiger partial charge in [0, 0.05) is 47.9 Å². The van der Waals surface area contributed by atoms with E-state index in [0.29, 0.717) is 12.1 Å². The first-order valence-corrected chi connectivity index (χ1v) is 9.52. The minimum Gasteiger partial charge on any atom is -0.396 e. The highest BCUT2D eigenvalue weighted by Crippen LogP contribution is 2.36. The Bertz CT molecular complexity index is 793. The molecular formula is C20H27N3O2. The Hall–Kier alpha value is -1.85. The van der Waals surface area contributed by atoms with Crippen LogP contribution in [-0.4, -0.2) is 41.9 Å². The van der Waals surface area contributed by atoms with Crippen LogP contribution in [0, 0.1) is 0 Å². The third kappa shape index (κ3) is 3.18. The summed E-state index contributed by atoms with van der Waals surface area (Å²) < 4.78 is 0. The number of anilines is 1. The van der Waals surface area contributed by atoms with Gasteiger partial charge in [-0.1, -0.05) is 6.07 Å². The van der Waals surface area contributed by atoms with E-state index in [-0.39, 0.29) is 12.2 Å². The lowest BCUT2D eigenvalue weighted by Crippen LogP contribution is -2.44. The molecule has 134 valence electrons. The molecule has 0 spiro atoms. The fourth-order valence-corrected chi connectivity index (χ4v) is 4.52. The van der Waals surface area contributed by atoms with Crippen LogP contribution in [0.5, 0.6) is 0 Å². The first-order chi connectivity index (χ1) is 12.3. The van der Waals surface area contributed by atoms with E-state index in [2.05, 4.69) is 21.3 Å². The van der Waals surface area contributed by atoms with Gasteiger partial charge in [-0.2, -0.15) is 0 Å². The van der Waals surface area contributed by atoms with Gasteiger partial charge >= 0.3 is 0 Å². The molecule has 0 saturated heterocycles. The summed E-state index contributed by atoms with van der Waals surface area (Å²) in [6.45, 7) is 2.20. The number of pyridine rings is 1. The van der Waals surface area contributed by atoms with Crippen LogP contribution in [0.25, 0.3) is 10.8 Å². The zero-order valence-corrected chi connectivity index (χ0v) is 14.6. The van der Waals surface area contributed by atoms with Crippen molar-refractivity contribution in [2.24, 2.45) is 0 Å². The maximum Gasteiger partial charge on any atom is 0.255 e. The van der Waals surface area contributed by atoms with Gasteiger partial charge in [0.15, 0.2) is 0 Å². The second-order valence-corrected chi connectivity index (χ2v) is 7.32. The second kappa shape index (κ2) is 7.18. The SMILES string of the molecule is O=c1[nH]cc2c3c(cccc13)N(C1CCC(NCCCO)CC1)CC2. The van der Waals surface area contributed by atoms with E-state index in [0.717, 1.165) is 36.7 Å². The van der Waals surface area contributed by atoms with Crippen molar-refractivity contribution in [3.63, 3.8) is 0 Å². The van der Waals surface area contributed by atoms with E-state index < -0.39 is 0 Å².